The summed E-state index contributed by atoms with van der Waals surface area (Å²) in [6, 6.07) is 11.8. The number of esters is 1. The molecule has 0 saturated carbocycles. The van der Waals surface area contributed by atoms with Crippen molar-refractivity contribution in [1.82, 2.24) is 0 Å². The molecule has 0 aliphatic carbocycles. The molecule has 2 rings (SSSR count). The van der Waals surface area contributed by atoms with Gasteiger partial charge in [0.2, 0.25) is 0 Å². The highest BCUT2D eigenvalue weighted by molar-refractivity contribution is 6.30. The summed E-state index contributed by atoms with van der Waals surface area (Å²) in [4.78, 5) is 23.8. The van der Waals surface area contributed by atoms with Gasteiger partial charge in [0, 0.05) is 5.02 Å². The van der Waals surface area contributed by atoms with E-state index < -0.39 is 23.8 Å². The van der Waals surface area contributed by atoms with Crippen LogP contribution < -0.4 is 5.32 Å². The van der Waals surface area contributed by atoms with Crippen LogP contribution in [0.15, 0.2) is 48.5 Å². The Kier molecular flexibility index (Phi) is 5.12. The summed E-state index contributed by atoms with van der Waals surface area (Å²) in [7, 11) is 0. The van der Waals surface area contributed by atoms with Crippen molar-refractivity contribution in [2.75, 3.05) is 5.32 Å². The molecule has 0 unspecified atom stereocenters. The second-order valence-corrected chi connectivity index (χ2v) is 4.96. The van der Waals surface area contributed by atoms with Crippen molar-refractivity contribution < 1.29 is 18.7 Å². The van der Waals surface area contributed by atoms with Gasteiger partial charge in [-0.25, -0.2) is 9.18 Å². The van der Waals surface area contributed by atoms with E-state index in [1.807, 2.05) is 0 Å². The molecule has 0 bridgehead atoms. The van der Waals surface area contributed by atoms with E-state index in [9.17, 15) is 14.0 Å². The standard InChI is InChI=1S/C16H13ClFNO3/c1-10(15(20)19-14-5-3-2-4-13(14)18)22-16(21)11-6-8-12(17)9-7-11/h2-10H,1H3,(H,19,20)/t10-/m0/s1. The Balaban J connectivity index is 1.98. The number of hydrogen-bond acceptors (Lipinski definition) is 3. The van der Waals surface area contributed by atoms with Crippen LogP contribution in [0, 0.1) is 5.82 Å². The molecule has 0 fully saturated rings. The monoisotopic (exact) mass is 321 g/mol. The molecule has 0 radical (unpaired) electrons. The third-order valence-electron chi connectivity index (χ3n) is 2.86. The number of rotatable bonds is 4. The van der Waals surface area contributed by atoms with Crippen LogP contribution in [0.25, 0.3) is 0 Å². The van der Waals surface area contributed by atoms with Crippen LogP contribution in [0.2, 0.25) is 5.02 Å². The zero-order valence-corrected chi connectivity index (χ0v) is 12.4. The van der Waals surface area contributed by atoms with Crippen molar-refractivity contribution in [1.29, 1.82) is 0 Å². The van der Waals surface area contributed by atoms with Gasteiger partial charge in [0.05, 0.1) is 11.3 Å². The summed E-state index contributed by atoms with van der Waals surface area (Å²) in [6.07, 6.45) is -1.07. The van der Waals surface area contributed by atoms with E-state index in [0.717, 1.165) is 0 Å². The molecule has 0 saturated heterocycles. The van der Waals surface area contributed by atoms with Crippen LogP contribution in [0.4, 0.5) is 10.1 Å². The molecule has 6 heteroatoms. The lowest BCUT2D eigenvalue weighted by atomic mass is 10.2. The first-order chi connectivity index (χ1) is 10.5. The average Bonchev–Trinajstić information content (AvgIpc) is 2.50. The number of nitrogens with one attached hydrogen (secondary N) is 1. The van der Waals surface area contributed by atoms with Crippen LogP contribution in [0.1, 0.15) is 17.3 Å². The predicted octanol–water partition coefficient (Wildman–Crippen LogP) is 3.66. The van der Waals surface area contributed by atoms with Crippen LogP contribution >= 0.6 is 11.6 Å². The van der Waals surface area contributed by atoms with Gasteiger partial charge >= 0.3 is 5.97 Å². The topological polar surface area (TPSA) is 55.4 Å². The Morgan fingerprint density at radius 1 is 1.14 bits per heavy atom. The molecule has 1 atom stereocenters. The first-order valence-electron chi connectivity index (χ1n) is 6.49. The smallest absolute Gasteiger partial charge is 0.338 e. The summed E-state index contributed by atoms with van der Waals surface area (Å²) in [5.74, 6) is -1.84. The van der Waals surface area contributed by atoms with Gasteiger partial charge in [0.1, 0.15) is 5.82 Å². The van der Waals surface area contributed by atoms with E-state index in [-0.39, 0.29) is 11.3 Å². The molecule has 0 spiro atoms. The summed E-state index contributed by atoms with van der Waals surface area (Å²) < 4.78 is 18.5. The van der Waals surface area contributed by atoms with Crippen LogP contribution in [-0.4, -0.2) is 18.0 Å². The van der Waals surface area contributed by atoms with Crippen molar-refractivity contribution in [3.8, 4) is 0 Å². The molecule has 2 aromatic carbocycles. The maximum atomic E-state index is 13.4. The number of carbonyl (C=O) groups excluding carboxylic acids is 2. The number of benzene rings is 2. The predicted molar refractivity (Wildman–Crippen MR) is 81.4 cm³/mol. The minimum atomic E-state index is -1.07. The molecule has 0 aliphatic rings. The van der Waals surface area contributed by atoms with Gasteiger partial charge in [-0.2, -0.15) is 0 Å². The van der Waals surface area contributed by atoms with Gasteiger partial charge in [-0.3, -0.25) is 4.79 Å². The van der Waals surface area contributed by atoms with E-state index >= 15 is 0 Å². The number of anilines is 1. The second kappa shape index (κ2) is 7.04. The molecule has 2 aromatic rings. The van der Waals surface area contributed by atoms with Crippen molar-refractivity contribution >= 4 is 29.2 Å². The highest BCUT2D eigenvalue weighted by Gasteiger charge is 2.19. The van der Waals surface area contributed by atoms with Gasteiger partial charge < -0.3 is 10.1 Å². The second-order valence-electron chi connectivity index (χ2n) is 4.52. The molecular formula is C16H13ClFNO3. The number of amides is 1. The zero-order chi connectivity index (χ0) is 16.1. The lowest BCUT2D eigenvalue weighted by Gasteiger charge is -2.14. The van der Waals surface area contributed by atoms with Crippen molar-refractivity contribution in [2.45, 2.75) is 13.0 Å². The van der Waals surface area contributed by atoms with Crippen molar-refractivity contribution in [3.05, 3.63) is 64.9 Å². The minimum Gasteiger partial charge on any atom is -0.449 e. The molecule has 1 amide bonds. The van der Waals surface area contributed by atoms with Crippen molar-refractivity contribution in [3.63, 3.8) is 0 Å². The lowest BCUT2D eigenvalue weighted by molar-refractivity contribution is -0.123. The number of carbonyl (C=O) groups is 2. The van der Waals surface area contributed by atoms with E-state index in [1.54, 1.807) is 18.2 Å². The minimum absolute atomic E-state index is 0.0295. The molecule has 4 nitrogen and oxygen atoms in total. The first kappa shape index (κ1) is 16.0. The molecular weight excluding hydrogens is 309 g/mol. The highest BCUT2D eigenvalue weighted by Crippen LogP contribution is 2.14. The molecule has 1 N–H and O–H groups in total. The number of hydrogen-bond donors (Lipinski definition) is 1. The maximum absolute atomic E-state index is 13.4. The highest BCUT2D eigenvalue weighted by atomic mass is 35.5. The van der Waals surface area contributed by atoms with E-state index in [0.29, 0.717) is 5.02 Å². The van der Waals surface area contributed by atoms with Gasteiger partial charge in [-0.05, 0) is 43.3 Å². The van der Waals surface area contributed by atoms with Crippen molar-refractivity contribution in [2.24, 2.45) is 0 Å². The first-order valence-corrected chi connectivity index (χ1v) is 6.87. The third-order valence-corrected chi connectivity index (χ3v) is 3.12. The Morgan fingerprint density at radius 3 is 2.41 bits per heavy atom. The van der Waals surface area contributed by atoms with Crippen LogP contribution in [-0.2, 0) is 9.53 Å². The summed E-state index contributed by atoms with van der Waals surface area (Å²) >= 11 is 5.73. The maximum Gasteiger partial charge on any atom is 0.338 e. The van der Waals surface area contributed by atoms with E-state index in [1.165, 1.54) is 37.3 Å². The molecule has 0 aliphatic heterocycles. The van der Waals surface area contributed by atoms with Crippen LogP contribution in [0.3, 0.4) is 0 Å². The fourth-order valence-electron chi connectivity index (χ4n) is 1.67. The number of para-hydroxylation sites is 1. The molecule has 22 heavy (non-hydrogen) atoms. The Hall–Kier alpha value is -2.40. The summed E-state index contributed by atoms with van der Waals surface area (Å²) in [6.45, 7) is 1.41. The Labute approximate surface area is 131 Å². The SMILES string of the molecule is C[C@H](OC(=O)c1ccc(Cl)cc1)C(=O)Nc1ccccc1F. The summed E-state index contributed by atoms with van der Waals surface area (Å²) in [5, 5.41) is 2.85. The average molecular weight is 322 g/mol. The van der Waals surface area contributed by atoms with E-state index in [4.69, 9.17) is 16.3 Å². The number of ether oxygens (including phenoxy) is 1. The molecule has 0 aromatic heterocycles. The van der Waals surface area contributed by atoms with Crippen LogP contribution in [0.5, 0.6) is 0 Å². The van der Waals surface area contributed by atoms with E-state index in [2.05, 4.69) is 5.32 Å². The number of halogens is 2. The third kappa shape index (κ3) is 4.05. The van der Waals surface area contributed by atoms with Gasteiger partial charge in [0.15, 0.2) is 6.10 Å². The molecule has 0 heterocycles. The zero-order valence-electron chi connectivity index (χ0n) is 11.7. The largest absolute Gasteiger partial charge is 0.449 e. The normalized spacial score (nSPS) is 11.6. The molecule has 114 valence electrons. The van der Waals surface area contributed by atoms with Gasteiger partial charge in [0.25, 0.3) is 5.91 Å². The fraction of sp³-hybridized carbons (Fsp3) is 0.125. The quantitative estimate of drug-likeness (QED) is 0.874. The fourth-order valence-corrected chi connectivity index (χ4v) is 1.79. The Bertz CT molecular complexity index is 688. The lowest BCUT2D eigenvalue weighted by Crippen LogP contribution is -2.30. The Morgan fingerprint density at radius 2 is 1.77 bits per heavy atom. The van der Waals surface area contributed by atoms with Gasteiger partial charge in [-0.1, -0.05) is 23.7 Å². The summed E-state index contributed by atoms with van der Waals surface area (Å²) in [5.41, 5.74) is 0.303. The van der Waals surface area contributed by atoms with Gasteiger partial charge in [-0.15, -0.1) is 0 Å².